The number of rotatable bonds is 4. The summed E-state index contributed by atoms with van der Waals surface area (Å²) in [6.07, 6.45) is 2.09. The zero-order valence-corrected chi connectivity index (χ0v) is 13.8. The van der Waals surface area contributed by atoms with Crippen LogP contribution in [0.25, 0.3) is 0 Å². The Balaban J connectivity index is -0.000000261. The Morgan fingerprint density at radius 2 is 1.17 bits per heavy atom. The van der Waals surface area contributed by atoms with E-state index in [-0.39, 0.29) is 19.8 Å². The summed E-state index contributed by atoms with van der Waals surface area (Å²) in [7, 11) is 0. The summed E-state index contributed by atoms with van der Waals surface area (Å²) in [6.45, 7) is 5.59. The summed E-state index contributed by atoms with van der Waals surface area (Å²) in [5.41, 5.74) is 2.07. The molecule has 0 unspecified atom stereocenters. The van der Waals surface area contributed by atoms with Crippen molar-refractivity contribution in [3.8, 4) is 0 Å². The second-order valence-electron chi connectivity index (χ2n) is 4.62. The van der Waals surface area contributed by atoms with Gasteiger partial charge in [-0.05, 0) is 31.4 Å². The lowest BCUT2D eigenvalue weighted by molar-refractivity contribution is 0.00304. The zero-order valence-electron chi connectivity index (χ0n) is 13.8. The summed E-state index contributed by atoms with van der Waals surface area (Å²) in [4.78, 5) is 16.7. The average molecular weight is 326 g/mol. The van der Waals surface area contributed by atoms with Gasteiger partial charge >= 0.3 is 0 Å². The van der Waals surface area contributed by atoms with E-state index in [9.17, 15) is 0 Å². The van der Waals surface area contributed by atoms with Gasteiger partial charge in [-0.1, -0.05) is 31.2 Å². The smallest absolute Gasteiger partial charge is 0.231 e. The van der Waals surface area contributed by atoms with Crippen molar-refractivity contribution in [3.05, 3.63) is 35.4 Å². The predicted octanol–water partition coefficient (Wildman–Crippen LogP) is 1.47. The molecule has 0 saturated carbocycles. The van der Waals surface area contributed by atoms with Gasteiger partial charge in [0, 0.05) is 5.41 Å². The highest BCUT2D eigenvalue weighted by Gasteiger charge is 2.24. The third-order valence-electron chi connectivity index (χ3n) is 3.18. The van der Waals surface area contributed by atoms with Crippen LogP contribution in [-0.2, 0) is 9.59 Å². The molecule has 0 atom stereocenters. The maximum absolute atomic E-state index is 8.66. The van der Waals surface area contributed by atoms with Crippen LogP contribution in [0.3, 0.4) is 0 Å². The Morgan fingerprint density at radius 1 is 0.913 bits per heavy atom. The minimum Gasteiger partial charge on any atom is -0.396 e. The highest BCUT2D eigenvalue weighted by atomic mass is 16.3. The van der Waals surface area contributed by atoms with Gasteiger partial charge in [-0.25, -0.2) is 20.4 Å². The Labute approximate surface area is 136 Å². The van der Waals surface area contributed by atoms with Crippen molar-refractivity contribution in [1.82, 2.24) is 0 Å². The molecule has 1 aromatic carbocycles. The average Bonchev–Trinajstić information content (AvgIpc) is 2.55. The largest absolute Gasteiger partial charge is 0.396 e. The van der Waals surface area contributed by atoms with Crippen LogP contribution in [0.2, 0.25) is 0 Å². The number of hydrogen-bond donors (Lipinski definition) is 5. The predicted molar refractivity (Wildman–Crippen MR) is 86.7 cm³/mol. The molecule has 0 aliphatic carbocycles. The molecule has 1 rings (SSSR count). The van der Waals surface area contributed by atoms with E-state index in [1.807, 2.05) is 6.92 Å². The number of aliphatic hydroxyl groups is 3. The Bertz CT molecular complexity index is 411. The van der Waals surface area contributed by atoms with Crippen molar-refractivity contribution < 1.29 is 24.9 Å². The first-order valence-corrected chi connectivity index (χ1v) is 6.81. The van der Waals surface area contributed by atoms with Gasteiger partial charge in [0.1, 0.15) is 0 Å². The number of aryl methyl sites for hydroxylation is 2. The maximum atomic E-state index is 8.66. The first-order chi connectivity index (χ1) is 10.9. The van der Waals surface area contributed by atoms with Crippen LogP contribution < -0.4 is 0 Å². The lowest BCUT2D eigenvalue weighted by Crippen LogP contribution is -2.32. The molecule has 0 radical (unpaired) electrons. The van der Waals surface area contributed by atoms with E-state index < -0.39 is 5.41 Å². The highest BCUT2D eigenvalue weighted by molar-refractivity contribution is 5.26. The Hall–Kier alpha value is -2.14. The number of hydrogen-bond acceptors (Lipinski definition) is 7. The fraction of sp³-hybridized carbons (Fsp3) is 0.500. The van der Waals surface area contributed by atoms with Crippen LogP contribution in [0.4, 0.5) is 0 Å². The molecule has 0 bridgehead atoms. The van der Waals surface area contributed by atoms with E-state index in [2.05, 4.69) is 38.1 Å². The highest BCUT2D eigenvalue weighted by Crippen LogP contribution is 2.18. The van der Waals surface area contributed by atoms with Crippen LogP contribution in [0, 0.1) is 30.1 Å². The third-order valence-corrected chi connectivity index (χ3v) is 3.18. The van der Waals surface area contributed by atoms with Crippen molar-refractivity contribution in [3.63, 3.8) is 0 Å². The lowest BCUT2D eigenvalue weighted by Gasteiger charge is -2.24. The van der Waals surface area contributed by atoms with Crippen LogP contribution in [-0.4, -0.2) is 47.3 Å². The van der Waals surface area contributed by atoms with Gasteiger partial charge in [0.05, 0.1) is 19.8 Å². The summed E-state index contributed by atoms with van der Waals surface area (Å²) in [5.74, 6) is 0. The molecule has 0 heterocycles. The third kappa shape index (κ3) is 14.6. The van der Waals surface area contributed by atoms with E-state index in [4.69, 9.17) is 35.7 Å². The standard InChI is InChI=1S/C8H10.C6H14O3.2CHNO/c1-7-5-3-4-6-8(7)2;1-2-6(3-7,4-8)5-9;2*2-1-3/h3-6H,1-2H3;7-9H,2-5H2,1H3;2*2H. The van der Waals surface area contributed by atoms with Crippen LogP contribution in [0.15, 0.2) is 24.3 Å². The molecule has 0 aliphatic rings. The van der Waals surface area contributed by atoms with E-state index in [1.165, 1.54) is 11.1 Å². The first-order valence-electron chi connectivity index (χ1n) is 6.81. The molecule has 0 fully saturated rings. The molecule has 0 amide bonds. The molecule has 0 saturated heterocycles. The van der Waals surface area contributed by atoms with Gasteiger partial charge in [0.2, 0.25) is 12.2 Å². The first kappa shape index (κ1) is 25.8. The minimum absolute atomic E-state index is 0.156. The van der Waals surface area contributed by atoms with Gasteiger partial charge in [-0.3, -0.25) is 0 Å². The lowest BCUT2D eigenvalue weighted by atomic mass is 9.88. The maximum Gasteiger partial charge on any atom is 0.231 e. The molecule has 0 aliphatic heterocycles. The summed E-state index contributed by atoms with van der Waals surface area (Å²) >= 11 is 0. The van der Waals surface area contributed by atoms with Gasteiger partial charge < -0.3 is 15.3 Å². The number of nitrogens with one attached hydrogen (secondary N) is 2. The molecule has 23 heavy (non-hydrogen) atoms. The summed E-state index contributed by atoms with van der Waals surface area (Å²) in [6, 6.07) is 8.36. The Morgan fingerprint density at radius 3 is 1.26 bits per heavy atom. The minimum atomic E-state index is -0.667. The van der Waals surface area contributed by atoms with Crippen molar-refractivity contribution in [1.29, 1.82) is 10.8 Å². The topological polar surface area (TPSA) is 143 Å². The Kier molecular flexibility index (Phi) is 20.1. The van der Waals surface area contributed by atoms with Crippen LogP contribution >= 0.6 is 0 Å². The molecule has 130 valence electrons. The summed E-state index contributed by atoms with van der Waals surface area (Å²) in [5, 5.41) is 36.8. The van der Waals surface area contributed by atoms with Crippen molar-refractivity contribution in [2.45, 2.75) is 27.2 Å². The van der Waals surface area contributed by atoms with E-state index in [0.717, 1.165) is 12.2 Å². The molecule has 5 N–H and O–H groups in total. The molecular weight excluding hydrogens is 300 g/mol. The number of benzene rings is 1. The number of carbonyl (C=O) groups excluding carboxylic acids is 2. The molecule has 0 aromatic heterocycles. The molecule has 1 aromatic rings. The normalized spacial score (nSPS) is 8.61. The van der Waals surface area contributed by atoms with Gasteiger partial charge in [0.25, 0.3) is 0 Å². The van der Waals surface area contributed by atoms with Crippen molar-refractivity contribution in [2.75, 3.05) is 19.8 Å². The summed E-state index contributed by atoms with van der Waals surface area (Å²) < 4.78 is 0. The van der Waals surface area contributed by atoms with Crippen molar-refractivity contribution >= 4 is 12.2 Å². The molecule has 7 nitrogen and oxygen atoms in total. The monoisotopic (exact) mass is 326 g/mol. The van der Waals surface area contributed by atoms with Crippen LogP contribution in [0.5, 0.6) is 0 Å². The molecule has 7 heteroatoms. The van der Waals surface area contributed by atoms with E-state index >= 15 is 0 Å². The fourth-order valence-corrected chi connectivity index (χ4v) is 1.15. The number of isocyanates is 2. The molecule has 0 spiro atoms. The van der Waals surface area contributed by atoms with Gasteiger partial charge in [-0.2, -0.15) is 0 Å². The van der Waals surface area contributed by atoms with E-state index in [0.29, 0.717) is 6.42 Å². The van der Waals surface area contributed by atoms with Crippen LogP contribution in [0.1, 0.15) is 24.5 Å². The molecular formula is C16H26N2O5. The van der Waals surface area contributed by atoms with E-state index in [1.54, 1.807) is 0 Å². The zero-order chi connectivity index (χ0) is 18.7. The van der Waals surface area contributed by atoms with Gasteiger partial charge in [0.15, 0.2) is 0 Å². The number of aliphatic hydroxyl groups excluding tert-OH is 3. The van der Waals surface area contributed by atoms with Gasteiger partial charge in [-0.15, -0.1) is 0 Å². The SMILES string of the molecule is CCC(CO)(CO)CO.Cc1ccccc1C.N=C=O.N=C=O. The second kappa shape index (κ2) is 17.9. The fourth-order valence-electron chi connectivity index (χ4n) is 1.15. The second-order valence-corrected chi connectivity index (χ2v) is 4.62. The quantitative estimate of drug-likeness (QED) is 0.420. The van der Waals surface area contributed by atoms with Crippen molar-refractivity contribution in [2.24, 2.45) is 5.41 Å².